The lowest BCUT2D eigenvalue weighted by molar-refractivity contribution is -0.131. The summed E-state index contributed by atoms with van der Waals surface area (Å²) in [7, 11) is -3.48. The predicted octanol–water partition coefficient (Wildman–Crippen LogP) is 0.725. The first-order valence-electron chi connectivity index (χ1n) is 9.80. The van der Waals surface area contributed by atoms with Crippen molar-refractivity contribution >= 4 is 15.9 Å². The lowest BCUT2D eigenvalue weighted by atomic mass is 10.2. The maximum Gasteiger partial charge on any atom is 0.243 e. The van der Waals surface area contributed by atoms with Gasteiger partial charge in [0, 0.05) is 45.8 Å². The molecule has 27 heavy (non-hydrogen) atoms. The Morgan fingerprint density at radius 3 is 2.22 bits per heavy atom. The molecule has 0 bridgehead atoms. The maximum atomic E-state index is 12.9. The first kappa shape index (κ1) is 20.3. The van der Waals surface area contributed by atoms with Gasteiger partial charge >= 0.3 is 0 Å². The Hall–Kier alpha value is -1.48. The molecule has 8 heteroatoms. The Bertz CT molecular complexity index is 722. The van der Waals surface area contributed by atoms with Crippen LogP contribution >= 0.6 is 0 Å². The highest BCUT2D eigenvalue weighted by molar-refractivity contribution is 7.89. The summed E-state index contributed by atoms with van der Waals surface area (Å²) in [6.07, 6.45) is 2.18. The highest BCUT2D eigenvalue weighted by atomic mass is 32.2. The summed E-state index contributed by atoms with van der Waals surface area (Å²) < 4.78 is 27.3. The lowest BCUT2D eigenvalue weighted by Crippen LogP contribution is -2.51. The number of carbonyl (C=O) groups is 1. The quantitative estimate of drug-likeness (QED) is 0.738. The van der Waals surface area contributed by atoms with Crippen LogP contribution in [-0.2, 0) is 21.4 Å². The number of rotatable bonds is 7. The number of sulfonamides is 1. The second-order valence-corrected chi connectivity index (χ2v) is 9.13. The summed E-state index contributed by atoms with van der Waals surface area (Å²) in [5.74, 6) is 0.167. The van der Waals surface area contributed by atoms with Crippen LogP contribution in [0.5, 0.6) is 0 Å². The monoisotopic (exact) mass is 394 g/mol. The van der Waals surface area contributed by atoms with E-state index in [1.807, 2.05) is 24.0 Å². The van der Waals surface area contributed by atoms with Gasteiger partial charge in [-0.05, 0) is 37.1 Å². The molecule has 0 spiro atoms. The van der Waals surface area contributed by atoms with Crippen molar-refractivity contribution in [3.8, 4) is 0 Å². The third kappa shape index (κ3) is 5.07. The van der Waals surface area contributed by atoms with Crippen LogP contribution in [0.4, 0.5) is 0 Å². The molecule has 0 aromatic heterocycles. The van der Waals surface area contributed by atoms with Crippen molar-refractivity contribution in [2.24, 2.45) is 0 Å². The van der Waals surface area contributed by atoms with E-state index >= 15 is 0 Å². The Labute approximate surface area is 162 Å². The van der Waals surface area contributed by atoms with Gasteiger partial charge in [-0.1, -0.05) is 19.1 Å². The van der Waals surface area contributed by atoms with E-state index in [0.717, 1.165) is 44.6 Å². The molecule has 3 rings (SSSR count). The molecule has 7 nitrogen and oxygen atoms in total. The number of nitrogens with one attached hydrogen (secondary N) is 1. The molecule has 150 valence electrons. The summed E-state index contributed by atoms with van der Waals surface area (Å²) in [6.45, 7) is 7.81. The number of amides is 1. The largest absolute Gasteiger partial charge is 0.342 e. The fraction of sp³-hybridized carbons (Fsp3) is 0.632. The lowest BCUT2D eigenvalue weighted by Gasteiger charge is -2.34. The zero-order chi connectivity index (χ0) is 19.3. The number of carbonyl (C=O) groups excluding carboxylic acids is 1. The minimum atomic E-state index is -3.48. The molecule has 1 aromatic carbocycles. The second kappa shape index (κ2) is 9.14. The molecular weight excluding hydrogens is 364 g/mol. The number of benzene rings is 1. The van der Waals surface area contributed by atoms with Crippen LogP contribution in [-0.4, -0.2) is 80.8 Å². The first-order valence-corrected chi connectivity index (χ1v) is 11.2. The minimum Gasteiger partial charge on any atom is -0.342 e. The molecule has 0 unspecified atom stereocenters. The van der Waals surface area contributed by atoms with Gasteiger partial charge in [0.25, 0.3) is 0 Å². The first-order chi connectivity index (χ1) is 13.0. The number of likely N-dealkylation sites (tertiary alicyclic amines) is 1. The zero-order valence-corrected chi connectivity index (χ0v) is 16.9. The fourth-order valence-electron chi connectivity index (χ4n) is 3.58. The third-order valence-electron chi connectivity index (χ3n) is 5.29. The van der Waals surface area contributed by atoms with Crippen molar-refractivity contribution in [3.63, 3.8) is 0 Å². The van der Waals surface area contributed by atoms with Crippen molar-refractivity contribution in [2.75, 3.05) is 52.4 Å². The molecule has 0 atom stereocenters. The Morgan fingerprint density at radius 2 is 1.63 bits per heavy atom. The van der Waals surface area contributed by atoms with Gasteiger partial charge in [0.05, 0.1) is 11.4 Å². The van der Waals surface area contributed by atoms with Crippen LogP contribution in [0, 0.1) is 0 Å². The van der Waals surface area contributed by atoms with Crippen LogP contribution in [0.2, 0.25) is 0 Å². The Balaban J connectivity index is 1.53. The highest BCUT2D eigenvalue weighted by Crippen LogP contribution is 2.18. The molecule has 2 aliphatic heterocycles. The summed E-state index contributed by atoms with van der Waals surface area (Å²) in [6, 6.07) is 7.09. The maximum absolute atomic E-state index is 12.9. The molecule has 1 aromatic rings. The van der Waals surface area contributed by atoms with Crippen LogP contribution in [0.3, 0.4) is 0 Å². The number of hydrogen-bond acceptors (Lipinski definition) is 5. The second-order valence-electron chi connectivity index (χ2n) is 7.19. The molecule has 2 aliphatic rings. The number of hydrogen-bond donors (Lipinski definition) is 1. The van der Waals surface area contributed by atoms with Gasteiger partial charge in [0.15, 0.2) is 0 Å². The predicted molar refractivity (Wildman–Crippen MR) is 105 cm³/mol. The molecule has 2 saturated heterocycles. The van der Waals surface area contributed by atoms with E-state index in [-0.39, 0.29) is 5.91 Å². The average molecular weight is 395 g/mol. The van der Waals surface area contributed by atoms with E-state index < -0.39 is 10.0 Å². The van der Waals surface area contributed by atoms with Crippen molar-refractivity contribution in [1.82, 2.24) is 19.4 Å². The number of nitrogens with zero attached hydrogens (tertiary/aromatic N) is 3. The van der Waals surface area contributed by atoms with Gasteiger partial charge in [0.1, 0.15) is 0 Å². The van der Waals surface area contributed by atoms with E-state index in [1.54, 1.807) is 12.1 Å². The van der Waals surface area contributed by atoms with E-state index in [1.165, 1.54) is 4.31 Å². The van der Waals surface area contributed by atoms with E-state index in [0.29, 0.717) is 37.6 Å². The SMILES string of the molecule is CCNCc1ccc(S(=O)(=O)N2CCN(CC(=O)N3CCCC3)CC2)cc1. The van der Waals surface area contributed by atoms with Crippen molar-refractivity contribution in [3.05, 3.63) is 29.8 Å². The van der Waals surface area contributed by atoms with Gasteiger partial charge in [0.2, 0.25) is 15.9 Å². The van der Waals surface area contributed by atoms with Crippen molar-refractivity contribution < 1.29 is 13.2 Å². The molecule has 1 amide bonds. The standard InChI is InChI=1S/C19H30N4O3S/c1-2-20-15-17-5-7-18(8-6-17)27(25,26)23-13-11-21(12-14-23)16-19(24)22-9-3-4-10-22/h5-8,20H,2-4,9-16H2,1H3. The zero-order valence-electron chi connectivity index (χ0n) is 16.1. The number of piperazine rings is 1. The molecular formula is C19H30N4O3S. The smallest absolute Gasteiger partial charge is 0.243 e. The summed E-state index contributed by atoms with van der Waals surface area (Å²) in [5, 5.41) is 3.23. The van der Waals surface area contributed by atoms with Gasteiger partial charge in [-0.15, -0.1) is 0 Å². The topological polar surface area (TPSA) is 73.0 Å². The molecule has 2 fully saturated rings. The molecule has 0 radical (unpaired) electrons. The molecule has 1 N–H and O–H groups in total. The minimum absolute atomic E-state index is 0.167. The normalized spacial score (nSPS) is 19.5. The summed E-state index contributed by atoms with van der Waals surface area (Å²) in [5.41, 5.74) is 1.07. The Kier molecular flexibility index (Phi) is 6.86. The highest BCUT2D eigenvalue weighted by Gasteiger charge is 2.30. The van der Waals surface area contributed by atoms with E-state index in [2.05, 4.69) is 10.2 Å². The Morgan fingerprint density at radius 1 is 1.00 bits per heavy atom. The molecule has 0 saturated carbocycles. The van der Waals surface area contributed by atoms with Gasteiger partial charge in [-0.2, -0.15) is 4.31 Å². The summed E-state index contributed by atoms with van der Waals surface area (Å²) >= 11 is 0. The third-order valence-corrected chi connectivity index (χ3v) is 7.20. The van der Waals surface area contributed by atoms with Crippen molar-refractivity contribution in [1.29, 1.82) is 0 Å². The van der Waals surface area contributed by atoms with Crippen LogP contribution in [0.25, 0.3) is 0 Å². The summed E-state index contributed by atoms with van der Waals surface area (Å²) in [4.78, 5) is 16.6. The van der Waals surface area contributed by atoms with Gasteiger partial charge in [-0.25, -0.2) is 8.42 Å². The van der Waals surface area contributed by atoms with E-state index in [4.69, 9.17) is 0 Å². The van der Waals surface area contributed by atoms with Crippen LogP contribution in [0.1, 0.15) is 25.3 Å². The average Bonchev–Trinajstić information content (AvgIpc) is 3.22. The van der Waals surface area contributed by atoms with Gasteiger partial charge < -0.3 is 10.2 Å². The van der Waals surface area contributed by atoms with Gasteiger partial charge in [-0.3, -0.25) is 9.69 Å². The van der Waals surface area contributed by atoms with Crippen LogP contribution in [0.15, 0.2) is 29.2 Å². The molecule has 0 aliphatic carbocycles. The fourth-order valence-corrected chi connectivity index (χ4v) is 5.01. The van der Waals surface area contributed by atoms with E-state index in [9.17, 15) is 13.2 Å². The van der Waals surface area contributed by atoms with Crippen LogP contribution < -0.4 is 5.32 Å². The van der Waals surface area contributed by atoms with Crippen molar-refractivity contribution in [2.45, 2.75) is 31.2 Å². The molecule has 2 heterocycles.